The molecule has 1 fully saturated rings. The van der Waals surface area contributed by atoms with E-state index in [4.69, 9.17) is 4.74 Å². The van der Waals surface area contributed by atoms with Crippen LogP contribution in [-0.2, 0) is 11.3 Å². The van der Waals surface area contributed by atoms with Crippen molar-refractivity contribution in [1.29, 1.82) is 0 Å². The van der Waals surface area contributed by atoms with Crippen molar-refractivity contribution in [1.82, 2.24) is 4.57 Å². The summed E-state index contributed by atoms with van der Waals surface area (Å²) >= 11 is 0. The molecule has 0 saturated carbocycles. The highest BCUT2D eigenvalue weighted by Crippen LogP contribution is 2.24. The smallest absolute Gasteiger partial charge is 0.0482 e. The Labute approximate surface area is 102 Å². The molecule has 0 amide bonds. The predicted octanol–water partition coefficient (Wildman–Crippen LogP) is 3.38. The van der Waals surface area contributed by atoms with Gasteiger partial charge < -0.3 is 9.30 Å². The fourth-order valence-corrected chi connectivity index (χ4v) is 2.78. The van der Waals surface area contributed by atoms with Crippen molar-refractivity contribution >= 4 is 10.9 Å². The molecule has 90 valence electrons. The molecule has 0 radical (unpaired) electrons. The van der Waals surface area contributed by atoms with Crippen LogP contribution in [0.2, 0.25) is 0 Å². The van der Waals surface area contributed by atoms with Gasteiger partial charge in [0.1, 0.15) is 0 Å². The number of hydrogen-bond acceptors (Lipinski definition) is 1. The monoisotopic (exact) mass is 229 g/mol. The van der Waals surface area contributed by atoms with Crippen LogP contribution in [0.5, 0.6) is 0 Å². The van der Waals surface area contributed by atoms with Gasteiger partial charge in [-0.1, -0.05) is 18.2 Å². The summed E-state index contributed by atoms with van der Waals surface area (Å²) in [6.07, 6.45) is 2.40. The second-order valence-corrected chi connectivity index (χ2v) is 5.01. The lowest BCUT2D eigenvalue weighted by Crippen LogP contribution is -2.20. The predicted molar refractivity (Wildman–Crippen MR) is 70.2 cm³/mol. The standard InChI is InChI=1S/C15H19NO/c1-12-10-14-4-2-3-5-15(14)16(12)11-13-6-8-17-9-7-13/h2-5,10,13H,6-9,11H2,1H3. The lowest BCUT2D eigenvalue weighted by molar-refractivity contribution is 0.0615. The van der Waals surface area contributed by atoms with Gasteiger partial charge in [-0.15, -0.1) is 0 Å². The van der Waals surface area contributed by atoms with Gasteiger partial charge in [-0.3, -0.25) is 0 Å². The Balaban J connectivity index is 1.90. The quantitative estimate of drug-likeness (QED) is 0.770. The van der Waals surface area contributed by atoms with Crippen LogP contribution in [0.15, 0.2) is 30.3 Å². The van der Waals surface area contributed by atoms with E-state index >= 15 is 0 Å². The summed E-state index contributed by atoms with van der Waals surface area (Å²) in [5.41, 5.74) is 2.74. The number of aryl methyl sites for hydroxylation is 1. The molecule has 2 heteroatoms. The summed E-state index contributed by atoms with van der Waals surface area (Å²) in [5, 5.41) is 1.36. The van der Waals surface area contributed by atoms with Crippen molar-refractivity contribution in [2.75, 3.05) is 13.2 Å². The van der Waals surface area contributed by atoms with Crippen LogP contribution in [0.25, 0.3) is 10.9 Å². The third kappa shape index (κ3) is 2.09. The maximum Gasteiger partial charge on any atom is 0.0482 e. The number of fused-ring (bicyclic) bond motifs is 1. The van der Waals surface area contributed by atoms with E-state index in [1.807, 2.05) is 0 Å². The van der Waals surface area contributed by atoms with Crippen LogP contribution in [0, 0.1) is 12.8 Å². The molecule has 0 bridgehead atoms. The summed E-state index contributed by atoms with van der Waals surface area (Å²) in [4.78, 5) is 0. The molecule has 1 aliphatic heterocycles. The van der Waals surface area contributed by atoms with Gasteiger partial charge in [0.05, 0.1) is 0 Å². The first-order valence-corrected chi connectivity index (χ1v) is 6.47. The Morgan fingerprint density at radius 1 is 1.24 bits per heavy atom. The molecule has 1 saturated heterocycles. The highest BCUT2D eigenvalue weighted by atomic mass is 16.5. The molecule has 17 heavy (non-hydrogen) atoms. The van der Waals surface area contributed by atoms with Crippen molar-refractivity contribution < 1.29 is 4.74 Å². The number of para-hydroxylation sites is 1. The lowest BCUT2D eigenvalue weighted by atomic mass is 10.0. The van der Waals surface area contributed by atoms with Crippen molar-refractivity contribution in [3.8, 4) is 0 Å². The highest BCUT2D eigenvalue weighted by Gasteiger charge is 2.16. The second kappa shape index (κ2) is 4.53. The van der Waals surface area contributed by atoms with Gasteiger partial charge in [-0.25, -0.2) is 0 Å². The molecule has 1 aromatic carbocycles. The van der Waals surface area contributed by atoms with Crippen LogP contribution in [-0.4, -0.2) is 17.8 Å². The number of ether oxygens (including phenoxy) is 1. The Morgan fingerprint density at radius 2 is 2.00 bits per heavy atom. The maximum absolute atomic E-state index is 5.43. The molecule has 2 heterocycles. The van der Waals surface area contributed by atoms with Gasteiger partial charge in [0.2, 0.25) is 0 Å². The summed E-state index contributed by atoms with van der Waals surface area (Å²) in [7, 11) is 0. The van der Waals surface area contributed by atoms with Gasteiger partial charge in [0.15, 0.2) is 0 Å². The average molecular weight is 229 g/mol. The topological polar surface area (TPSA) is 14.2 Å². The summed E-state index contributed by atoms with van der Waals surface area (Å²) in [5.74, 6) is 0.776. The van der Waals surface area contributed by atoms with E-state index in [1.165, 1.54) is 29.4 Å². The summed E-state index contributed by atoms with van der Waals surface area (Å²) in [6.45, 7) is 5.22. The van der Waals surface area contributed by atoms with Crippen molar-refractivity contribution in [3.63, 3.8) is 0 Å². The van der Waals surface area contributed by atoms with Crippen molar-refractivity contribution in [2.24, 2.45) is 5.92 Å². The van der Waals surface area contributed by atoms with Crippen LogP contribution < -0.4 is 0 Å². The molecule has 0 unspecified atom stereocenters. The van der Waals surface area contributed by atoms with E-state index < -0.39 is 0 Å². The van der Waals surface area contributed by atoms with E-state index in [0.29, 0.717) is 0 Å². The fraction of sp³-hybridized carbons (Fsp3) is 0.467. The van der Waals surface area contributed by atoms with E-state index in [0.717, 1.165) is 25.7 Å². The van der Waals surface area contributed by atoms with Gasteiger partial charge in [-0.05, 0) is 43.2 Å². The number of rotatable bonds is 2. The van der Waals surface area contributed by atoms with Crippen molar-refractivity contribution in [2.45, 2.75) is 26.3 Å². The number of hydrogen-bond donors (Lipinski definition) is 0. The fourth-order valence-electron chi connectivity index (χ4n) is 2.78. The molecule has 0 spiro atoms. The van der Waals surface area contributed by atoms with E-state index in [1.54, 1.807) is 0 Å². The van der Waals surface area contributed by atoms with Crippen LogP contribution in [0.4, 0.5) is 0 Å². The van der Waals surface area contributed by atoms with Gasteiger partial charge in [0, 0.05) is 31.0 Å². The Morgan fingerprint density at radius 3 is 2.82 bits per heavy atom. The first-order valence-electron chi connectivity index (χ1n) is 6.47. The molecule has 2 nitrogen and oxygen atoms in total. The normalized spacial score (nSPS) is 17.7. The zero-order valence-electron chi connectivity index (χ0n) is 10.4. The van der Waals surface area contributed by atoms with E-state index in [9.17, 15) is 0 Å². The number of nitrogens with zero attached hydrogens (tertiary/aromatic N) is 1. The minimum Gasteiger partial charge on any atom is -0.381 e. The highest BCUT2D eigenvalue weighted by molar-refractivity contribution is 5.81. The molecule has 0 atom stereocenters. The first kappa shape index (κ1) is 10.8. The van der Waals surface area contributed by atoms with Crippen LogP contribution in [0.1, 0.15) is 18.5 Å². The second-order valence-electron chi connectivity index (χ2n) is 5.01. The minimum absolute atomic E-state index is 0.776. The van der Waals surface area contributed by atoms with E-state index in [2.05, 4.69) is 41.8 Å². The molecule has 1 aromatic heterocycles. The Bertz CT molecular complexity index is 509. The molecule has 0 aliphatic carbocycles. The Kier molecular flexibility index (Phi) is 2.89. The molecule has 0 N–H and O–H groups in total. The largest absolute Gasteiger partial charge is 0.381 e. The van der Waals surface area contributed by atoms with E-state index in [-0.39, 0.29) is 0 Å². The zero-order valence-corrected chi connectivity index (χ0v) is 10.4. The first-order chi connectivity index (χ1) is 8.34. The van der Waals surface area contributed by atoms with Crippen LogP contribution >= 0.6 is 0 Å². The van der Waals surface area contributed by atoms with Gasteiger partial charge in [0.25, 0.3) is 0 Å². The third-order valence-electron chi connectivity index (χ3n) is 3.80. The van der Waals surface area contributed by atoms with Gasteiger partial charge in [-0.2, -0.15) is 0 Å². The number of benzene rings is 1. The lowest BCUT2D eigenvalue weighted by Gasteiger charge is -2.23. The third-order valence-corrected chi connectivity index (χ3v) is 3.80. The van der Waals surface area contributed by atoms with Crippen LogP contribution in [0.3, 0.4) is 0 Å². The molecular formula is C15H19NO. The number of aromatic nitrogens is 1. The summed E-state index contributed by atoms with van der Waals surface area (Å²) in [6, 6.07) is 10.9. The summed E-state index contributed by atoms with van der Waals surface area (Å²) < 4.78 is 7.89. The zero-order chi connectivity index (χ0) is 11.7. The molecule has 3 rings (SSSR count). The van der Waals surface area contributed by atoms with Crippen molar-refractivity contribution in [3.05, 3.63) is 36.0 Å². The maximum atomic E-state index is 5.43. The Hall–Kier alpha value is -1.28. The van der Waals surface area contributed by atoms with Gasteiger partial charge >= 0.3 is 0 Å². The minimum atomic E-state index is 0.776. The molecule has 2 aromatic rings. The molecular weight excluding hydrogens is 210 g/mol. The average Bonchev–Trinajstić information content (AvgIpc) is 2.68. The SMILES string of the molecule is Cc1cc2ccccc2n1CC1CCOCC1. The molecule has 1 aliphatic rings.